The lowest BCUT2D eigenvalue weighted by molar-refractivity contribution is 0.0210. The van der Waals surface area contributed by atoms with Crippen LogP contribution in [0.5, 0.6) is 0 Å². The highest BCUT2D eigenvalue weighted by molar-refractivity contribution is 5.11. The Morgan fingerprint density at radius 3 is 2.82 bits per heavy atom. The number of aliphatic hydroxyl groups is 1. The number of hydrogen-bond acceptors (Lipinski definition) is 1. The van der Waals surface area contributed by atoms with Gasteiger partial charge in [0.2, 0.25) is 0 Å². The Bertz CT molecular complexity index is 174. The van der Waals surface area contributed by atoms with Gasteiger partial charge >= 0.3 is 0 Å². The molecule has 0 aromatic heterocycles. The van der Waals surface area contributed by atoms with E-state index in [-0.39, 0.29) is 11.5 Å². The molecule has 1 fully saturated rings. The minimum Gasteiger partial charge on any atom is -0.392 e. The summed E-state index contributed by atoms with van der Waals surface area (Å²) in [6, 6.07) is 0. The summed E-state index contributed by atoms with van der Waals surface area (Å²) in [6.07, 6.45) is 11.6. The second-order valence-electron chi connectivity index (χ2n) is 3.94. The van der Waals surface area contributed by atoms with Crippen LogP contribution >= 0.6 is 0 Å². The van der Waals surface area contributed by atoms with Crippen molar-refractivity contribution in [2.45, 2.75) is 44.6 Å². The predicted octanol–water partition coefficient (Wildman–Crippen LogP) is 2.26. The highest BCUT2D eigenvalue weighted by atomic mass is 16.3. The van der Waals surface area contributed by atoms with Gasteiger partial charge < -0.3 is 5.11 Å². The first kappa shape index (κ1) is 7.35. The molecule has 2 aliphatic carbocycles. The van der Waals surface area contributed by atoms with E-state index in [1.807, 2.05) is 0 Å². The van der Waals surface area contributed by atoms with Crippen molar-refractivity contribution in [3.8, 4) is 0 Å². The van der Waals surface area contributed by atoms with Crippen molar-refractivity contribution in [1.82, 2.24) is 0 Å². The molecule has 0 radical (unpaired) electrons. The average Bonchev–Trinajstić information content (AvgIpc) is 2.46. The predicted molar refractivity (Wildman–Crippen MR) is 45.3 cm³/mol. The lowest BCUT2D eigenvalue weighted by Gasteiger charge is -2.36. The maximum atomic E-state index is 9.81. The largest absolute Gasteiger partial charge is 0.392 e. The van der Waals surface area contributed by atoms with Gasteiger partial charge in [-0.2, -0.15) is 0 Å². The van der Waals surface area contributed by atoms with Crippen LogP contribution in [0.2, 0.25) is 0 Å². The zero-order chi connectivity index (χ0) is 7.73. The molecule has 1 heteroatoms. The van der Waals surface area contributed by atoms with Gasteiger partial charge in [0.25, 0.3) is 0 Å². The van der Waals surface area contributed by atoms with Crippen LogP contribution in [-0.4, -0.2) is 11.2 Å². The van der Waals surface area contributed by atoms with Gasteiger partial charge in [0.1, 0.15) is 0 Å². The number of allylic oxidation sites excluding steroid dienone is 1. The minimum atomic E-state index is -0.0463. The standard InChI is InChI=1S/C10H16O/c11-9-5-1-2-6-10(9)7-3-4-8-10/h3,7,9,11H,1-2,4-6,8H2/t9-,10-/m1/s1. The highest BCUT2D eigenvalue weighted by Gasteiger charge is 2.38. The first-order valence-electron chi connectivity index (χ1n) is 4.69. The van der Waals surface area contributed by atoms with Crippen molar-refractivity contribution in [3.63, 3.8) is 0 Å². The fraction of sp³-hybridized carbons (Fsp3) is 0.800. The van der Waals surface area contributed by atoms with Crippen molar-refractivity contribution in [1.29, 1.82) is 0 Å². The molecule has 2 aliphatic rings. The first-order valence-corrected chi connectivity index (χ1v) is 4.69. The molecule has 0 unspecified atom stereocenters. The molecule has 0 saturated heterocycles. The Labute approximate surface area is 68.1 Å². The third kappa shape index (κ3) is 1.12. The van der Waals surface area contributed by atoms with Crippen LogP contribution in [0.1, 0.15) is 38.5 Å². The van der Waals surface area contributed by atoms with Crippen molar-refractivity contribution in [2.24, 2.45) is 5.41 Å². The quantitative estimate of drug-likeness (QED) is 0.528. The summed E-state index contributed by atoms with van der Waals surface area (Å²) in [5.41, 5.74) is 0.207. The number of hydrogen-bond donors (Lipinski definition) is 1. The van der Waals surface area contributed by atoms with E-state index in [0.29, 0.717) is 0 Å². The van der Waals surface area contributed by atoms with Crippen LogP contribution < -0.4 is 0 Å². The molecule has 1 N–H and O–H groups in total. The zero-order valence-corrected chi connectivity index (χ0v) is 6.92. The number of aliphatic hydroxyl groups excluding tert-OH is 1. The summed E-state index contributed by atoms with van der Waals surface area (Å²) in [4.78, 5) is 0. The summed E-state index contributed by atoms with van der Waals surface area (Å²) in [7, 11) is 0. The van der Waals surface area contributed by atoms with E-state index in [0.717, 1.165) is 6.42 Å². The molecule has 0 bridgehead atoms. The highest BCUT2D eigenvalue weighted by Crippen LogP contribution is 2.44. The van der Waals surface area contributed by atoms with Crippen LogP contribution in [0.15, 0.2) is 12.2 Å². The van der Waals surface area contributed by atoms with Crippen LogP contribution in [0.4, 0.5) is 0 Å². The van der Waals surface area contributed by atoms with Crippen molar-refractivity contribution >= 4 is 0 Å². The van der Waals surface area contributed by atoms with Crippen molar-refractivity contribution < 1.29 is 5.11 Å². The van der Waals surface area contributed by atoms with Gasteiger partial charge in [-0.3, -0.25) is 0 Å². The average molecular weight is 152 g/mol. The van der Waals surface area contributed by atoms with E-state index < -0.39 is 0 Å². The van der Waals surface area contributed by atoms with Gasteiger partial charge in [0, 0.05) is 5.41 Å². The molecule has 0 aromatic rings. The van der Waals surface area contributed by atoms with Crippen molar-refractivity contribution in [2.75, 3.05) is 0 Å². The minimum absolute atomic E-state index is 0.0463. The van der Waals surface area contributed by atoms with Gasteiger partial charge in [-0.15, -0.1) is 0 Å². The summed E-state index contributed by atoms with van der Waals surface area (Å²) in [5.74, 6) is 0. The van der Waals surface area contributed by atoms with E-state index >= 15 is 0 Å². The van der Waals surface area contributed by atoms with Gasteiger partial charge in [0.05, 0.1) is 6.10 Å². The molecular weight excluding hydrogens is 136 g/mol. The van der Waals surface area contributed by atoms with E-state index in [1.54, 1.807) is 0 Å². The van der Waals surface area contributed by atoms with Crippen LogP contribution in [0.25, 0.3) is 0 Å². The molecule has 2 atom stereocenters. The topological polar surface area (TPSA) is 20.2 Å². The maximum Gasteiger partial charge on any atom is 0.0630 e. The lowest BCUT2D eigenvalue weighted by atomic mass is 9.71. The fourth-order valence-electron chi connectivity index (χ4n) is 2.49. The molecule has 0 aliphatic heterocycles. The summed E-state index contributed by atoms with van der Waals surface area (Å²) >= 11 is 0. The third-order valence-electron chi connectivity index (χ3n) is 3.26. The van der Waals surface area contributed by atoms with Gasteiger partial charge in [-0.05, 0) is 25.7 Å². The molecule has 1 spiro atoms. The molecule has 62 valence electrons. The Morgan fingerprint density at radius 2 is 2.18 bits per heavy atom. The first-order chi connectivity index (χ1) is 5.33. The Morgan fingerprint density at radius 1 is 1.27 bits per heavy atom. The van der Waals surface area contributed by atoms with Gasteiger partial charge in [-0.1, -0.05) is 25.0 Å². The third-order valence-corrected chi connectivity index (χ3v) is 3.26. The maximum absolute atomic E-state index is 9.81. The summed E-state index contributed by atoms with van der Waals surface area (Å²) in [5, 5.41) is 9.81. The number of rotatable bonds is 0. The fourth-order valence-corrected chi connectivity index (χ4v) is 2.49. The molecule has 0 amide bonds. The normalized spacial score (nSPS) is 43.5. The molecular formula is C10H16O. The smallest absolute Gasteiger partial charge is 0.0630 e. The van der Waals surface area contributed by atoms with E-state index in [9.17, 15) is 5.11 Å². The van der Waals surface area contributed by atoms with E-state index in [2.05, 4.69) is 12.2 Å². The monoisotopic (exact) mass is 152 g/mol. The van der Waals surface area contributed by atoms with Crippen LogP contribution in [0, 0.1) is 5.41 Å². The van der Waals surface area contributed by atoms with E-state index in [1.165, 1.54) is 32.1 Å². The van der Waals surface area contributed by atoms with Gasteiger partial charge in [-0.25, -0.2) is 0 Å². The molecule has 0 aromatic carbocycles. The lowest BCUT2D eigenvalue weighted by Crippen LogP contribution is -2.34. The summed E-state index contributed by atoms with van der Waals surface area (Å²) < 4.78 is 0. The molecule has 1 nitrogen and oxygen atoms in total. The van der Waals surface area contributed by atoms with Gasteiger partial charge in [0.15, 0.2) is 0 Å². The second-order valence-corrected chi connectivity index (χ2v) is 3.94. The Balaban J connectivity index is 2.14. The molecule has 2 rings (SSSR count). The van der Waals surface area contributed by atoms with Crippen LogP contribution in [0.3, 0.4) is 0 Å². The molecule has 1 saturated carbocycles. The molecule has 0 heterocycles. The Kier molecular flexibility index (Phi) is 1.76. The second kappa shape index (κ2) is 2.63. The Hall–Kier alpha value is -0.300. The SMILES string of the molecule is O[C@@H]1CCCC[C@]12C=CCC2. The van der Waals surface area contributed by atoms with E-state index in [4.69, 9.17) is 0 Å². The van der Waals surface area contributed by atoms with Crippen LogP contribution in [-0.2, 0) is 0 Å². The summed E-state index contributed by atoms with van der Waals surface area (Å²) in [6.45, 7) is 0. The molecule has 11 heavy (non-hydrogen) atoms. The zero-order valence-electron chi connectivity index (χ0n) is 6.92. The van der Waals surface area contributed by atoms with Crippen molar-refractivity contribution in [3.05, 3.63) is 12.2 Å².